The van der Waals surface area contributed by atoms with E-state index >= 15 is 0 Å². The zero-order chi connectivity index (χ0) is 32.3. The van der Waals surface area contributed by atoms with Gasteiger partial charge < -0.3 is 29.2 Å². The molecule has 0 amide bonds. The smallest absolute Gasteiger partial charge is 0.306 e. The molecule has 0 bridgehead atoms. The van der Waals surface area contributed by atoms with Crippen LogP contribution in [0.5, 0.6) is 0 Å². The van der Waals surface area contributed by atoms with Crippen molar-refractivity contribution in [1.29, 1.82) is 0 Å². The number of hydrogen-bond acceptors (Lipinski definition) is 8. The van der Waals surface area contributed by atoms with E-state index in [1.807, 2.05) is 0 Å². The van der Waals surface area contributed by atoms with Crippen molar-refractivity contribution in [2.45, 2.75) is 155 Å². The normalized spacial score (nSPS) is 13.7. The molecule has 0 heterocycles. The molecule has 0 radical (unpaired) electrons. The molecule has 0 saturated heterocycles. The van der Waals surface area contributed by atoms with Gasteiger partial charge in [-0.1, -0.05) is 92.9 Å². The maximum Gasteiger partial charge on any atom is 0.306 e. The molecular formula is C32H60O8S2. The maximum absolute atomic E-state index is 11.2. The largest absolute Gasteiger partial charge is 0.484 e. The zero-order valence-electron chi connectivity index (χ0n) is 27.3. The van der Waals surface area contributed by atoms with Crippen molar-refractivity contribution in [2.75, 3.05) is 26.4 Å². The van der Waals surface area contributed by atoms with E-state index in [-0.39, 0.29) is 12.8 Å². The topological polar surface area (TPSA) is 112 Å². The van der Waals surface area contributed by atoms with Crippen molar-refractivity contribution in [3.8, 4) is 0 Å². The Hall–Kier alpha value is -1.36. The Labute approximate surface area is 266 Å². The summed E-state index contributed by atoms with van der Waals surface area (Å²) in [4.78, 5) is 22.5. The average Bonchev–Trinajstić information content (AvgIpc) is 2.94. The van der Waals surface area contributed by atoms with Crippen LogP contribution in [0.15, 0.2) is 0 Å². The first kappa shape index (κ1) is 42.8. The molecule has 0 saturated carbocycles. The van der Waals surface area contributed by atoms with Gasteiger partial charge in [-0.3, -0.25) is 9.59 Å². The minimum Gasteiger partial charge on any atom is -0.484 e. The summed E-state index contributed by atoms with van der Waals surface area (Å²) >= 11 is 10.7. The molecule has 0 aromatic rings. The fourth-order valence-electron chi connectivity index (χ4n) is 4.01. The molecule has 0 aliphatic carbocycles. The summed E-state index contributed by atoms with van der Waals surface area (Å²) in [5.41, 5.74) is -1.92. The first-order chi connectivity index (χ1) is 20.0. The van der Waals surface area contributed by atoms with E-state index in [1.165, 1.54) is 0 Å². The number of hydrogen-bond donors (Lipinski definition) is 2. The van der Waals surface area contributed by atoms with E-state index in [0.717, 1.165) is 77.0 Å². The van der Waals surface area contributed by atoms with E-state index in [2.05, 4.69) is 41.5 Å². The molecular weight excluding hydrogens is 576 g/mol. The first-order valence-electron chi connectivity index (χ1n) is 16.1. The van der Waals surface area contributed by atoms with Crippen LogP contribution in [0, 0.1) is 0 Å². The number of carboxylic acids is 2. The molecule has 0 aliphatic rings. The molecule has 0 spiro atoms. The second-order valence-electron chi connectivity index (χ2n) is 10.7. The lowest BCUT2D eigenvalue weighted by Crippen LogP contribution is -2.44. The highest BCUT2D eigenvalue weighted by atomic mass is 32.1. The lowest BCUT2D eigenvalue weighted by Gasteiger charge is -2.33. The van der Waals surface area contributed by atoms with Crippen LogP contribution in [0.4, 0.5) is 0 Å². The number of thiocarbonyl (C=S) groups is 2. The van der Waals surface area contributed by atoms with Crippen molar-refractivity contribution < 1.29 is 38.7 Å². The van der Waals surface area contributed by atoms with Gasteiger partial charge in [-0.05, 0) is 63.0 Å². The maximum atomic E-state index is 11.2. The zero-order valence-corrected chi connectivity index (χ0v) is 28.9. The summed E-state index contributed by atoms with van der Waals surface area (Å²) in [6.45, 7) is 14.5. The lowest BCUT2D eigenvalue weighted by molar-refractivity contribution is -0.144. The first-order valence-corrected chi connectivity index (χ1v) is 16.9. The number of carboxylic acid groups (broad SMARTS) is 2. The average molecular weight is 637 g/mol. The van der Waals surface area contributed by atoms with Gasteiger partial charge in [-0.25, -0.2) is 0 Å². The van der Waals surface area contributed by atoms with Gasteiger partial charge in [-0.15, -0.1) is 0 Å². The third-order valence-corrected chi connectivity index (χ3v) is 7.68. The van der Waals surface area contributed by atoms with E-state index < -0.39 is 23.1 Å². The fourth-order valence-corrected chi connectivity index (χ4v) is 4.64. The number of rotatable bonds is 26. The van der Waals surface area contributed by atoms with E-state index in [0.29, 0.717) is 49.4 Å². The second kappa shape index (κ2) is 27.2. The summed E-state index contributed by atoms with van der Waals surface area (Å²) in [6.07, 6.45) is 12.3. The molecule has 10 heteroatoms. The standard InChI is InChI=1S/2C16H30O4S/c2*1-4-7-10-16(13-14(17)18,20-12-9-6-3)15(21)19-11-8-5-2/h2*4-13H2,1-3H3,(H,17,18). The highest BCUT2D eigenvalue weighted by molar-refractivity contribution is 7.80. The van der Waals surface area contributed by atoms with Gasteiger partial charge in [0.1, 0.15) is 11.2 Å². The van der Waals surface area contributed by atoms with E-state index in [4.69, 9.17) is 43.4 Å². The van der Waals surface area contributed by atoms with Gasteiger partial charge in [0.15, 0.2) is 10.1 Å². The van der Waals surface area contributed by atoms with Crippen molar-refractivity contribution in [3.05, 3.63) is 0 Å². The van der Waals surface area contributed by atoms with Crippen LogP contribution in [0.25, 0.3) is 0 Å². The van der Waals surface area contributed by atoms with Crippen molar-refractivity contribution in [1.82, 2.24) is 0 Å². The molecule has 0 aliphatic heterocycles. The van der Waals surface area contributed by atoms with Crippen LogP contribution in [-0.2, 0) is 28.5 Å². The minimum absolute atomic E-state index is 0.123. The van der Waals surface area contributed by atoms with Crippen molar-refractivity contribution in [3.63, 3.8) is 0 Å². The van der Waals surface area contributed by atoms with Gasteiger partial charge in [0, 0.05) is 13.2 Å². The SMILES string of the molecule is CCCCOC(=S)C(CCCC)(CC(=O)O)OCCCC.CCCCOC(=S)C(CCCC)(CC(=O)O)OCCCC. The van der Waals surface area contributed by atoms with Gasteiger partial charge in [-0.2, -0.15) is 0 Å². The molecule has 0 rings (SSSR count). The molecule has 248 valence electrons. The number of aliphatic carboxylic acids is 2. The van der Waals surface area contributed by atoms with Crippen molar-refractivity contribution in [2.24, 2.45) is 0 Å². The van der Waals surface area contributed by atoms with E-state index in [1.54, 1.807) is 0 Å². The molecule has 42 heavy (non-hydrogen) atoms. The Morgan fingerprint density at radius 2 is 0.810 bits per heavy atom. The Kier molecular flexibility index (Phi) is 27.7. The van der Waals surface area contributed by atoms with E-state index in [9.17, 15) is 19.8 Å². The summed E-state index contributed by atoms with van der Waals surface area (Å²) < 4.78 is 23.1. The summed E-state index contributed by atoms with van der Waals surface area (Å²) in [5.74, 6) is -1.80. The monoisotopic (exact) mass is 636 g/mol. The van der Waals surface area contributed by atoms with Gasteiger partial charge in [0.2, 0.25) is 0 Å². The summed E-state index contributed by atoms with van der Waals surface area (Å²) in [5, 5.41) is 19.1. The number of unbranched alkanes of at least 4 members (excludes halogenated alkanes) is 6. The van der Waals surface area contributed by atoms with Crippen LogP contribution in [-0.4, -0.2) is 69.9 Å². The van der Waals surface area contributed by atoms with Crippen molar-refractivity contribution >= 4 is 46.5 Å². The summed E-state index contributed by atoms with van der Waals surface area (Å²) in [7, 11) is 0. The molecule has 0 fully saturated rings. The molecule has 2 N–H and O–H groups in total. The molecule has 8 nitrogen and oxygen atoms in total. The Morgan fingerprint density at radius 3 is 1.07 bits per heavy atom. The highest BCUT2D eigenvalue weighted by Crippen LogP contribution is 2.29. The number of ether oxygens (including phenoxy) is 4. The Morgan fingerprint density at radius 1 is 0.524 bits per heavy atom. The fraction of sp³-hybridized carbons (Fsp3) is 0.875. The third-order valence-electron chi connectivity index (χ3n) is 6.70. The van der Waals surface area contributed by atoms with Crippen LogP contribution in [0.3, 0.4) is 0 Å². The van der Waals surface area contributed by atoms with Crippen LogP contribution in [0.2, 0.25) is 0 Å². The molecule has 2 atom stereocenters. The highest BCUT2D eigenvalue weighted by Gasteiger charge is 2.40. The van der Waals surface area contributed by atoms with Crippen LogP contribution in [0.1, 0.15) is 144 Å². The Bertz CT molecular complexity index is 673. The van der Waals surface area contributed by atoms with Crippen LogP contribution < -0.4 is 0 Å². The number of carbonyl (C=O) groups is 2. The predicted octanol–water partition coefficient (Wildman–Crippen LogP) is 8.70. The minimum atomic E-state index is -0.958. The molecule has 0 aromatic carbocycles. The lowest BCUT2D eigenvalue weighted by atomic mass is 9.93. The molecule has 0 aromatic heterocycles. The predicted molar refractivity (Wildman–Crippen MR) is 178 cm³/mol. The third kappa shape index (κ3) is 19.8. The second-order valence-corrected chi connectivity index (χ2v) is 11.5. The van der Waals surface area contributed by atoms with Gasteiger partial charge in [0.25, 0.3) is 0 Å². The summed E-state index contributed by atoms with van der Waals surface area (Å²) in [6, 6.07) is 0. The quantitative estimate of drug-likeness (QED) is 0.0706. The molecule has 2 unspecified atom stereocenters. The van der Waals surface area contributed by atoms with Gasteiger partial charge in [0.05, 0.1) is 26.1 Å². The van der Waals surface area contributed by atoms with Crippen LogP contribution >= 0.6 is 24.4 Å². The Balaban J connectivity index is 0. The van der Waals surface area contributed by atoms with Gasteiger partial charge >= 0.3 is 11.9 Å².